The van der Waals surface area contributed by atoms with Crippen molar-refractivity contribution in [1.29, 1.82) is 0 Å². The SMILES string of the molecule is CC(Sc1nnc(-c2ccc(Cl)cc2)n1N)C(=O)NCc1ccc2c(c1)OCO2. The molecule has 3 N–H and O–H groups in total. The summed E-state index contributed by atoms with van der Waals surface area (Å²) >= 11 is 7.15. The quantitative estimate of drug-likeness (QED) is 0.456. The van der Waals surface area contributed by atoms with Crippen LogP contribution in [0.25, 0.3) is 11.4 Å². The number of aromatic nitrogens is 3. The summed E-state index contributed by atoms with van der Waals surface area (Å²) in [5.41, 5.74) is 1.71. The Hall–Kier alpha value is -2.91. The molecule has 10 heteroatoms. The highest BCUT2D eigenvalue weighted by atomic mass is 35.5. The van der Waals surface area contributed by atoms with E-state index in [4.69, 9.17) is 26.9 Å². The van der Waals surface area contributed by atoms with E-state index in [2.05, 4.69) is 15.5 Å². The molecule has 3 aromatic rings. The molecule has 0 aliphatic carbocycles. The van der Waals surface area contributed by atoms with Crippen molar-refractivity contribution in [2.24, 2.45) is 0 Å². The van der Waals surface area contributed by atoms with E-state index >= 15 is 0 Å². The van der Waals surface area contributed by atoms with Gasteiger partial charge >= 0.3 is 0 Å². The van der Waals surface area contributed by atoms with Gasteiger partial charge in [0.25, 0.3) is 0 Å². The summed E-state index contributed by atoms with van der Waals surface area (Å²) in [5, 5.41) is 11.8. The smallest absolute Gasteiger partial charge is 0.233 e. The molecule has 0 bridgehead atoms. The Balaban J connectivity index is 1.37. The zero-order chi connectivity index (χ0) is 20.4. The van der Waals surface area contributed by atoms with E-state index in [1.54, 1.807) is 19.1 Å². The van der Waals surface area contributed by atoms with E-state index in [0.29, 0.717) is 34.0 Å². The maximum atomic E-state index is 12.5. The molecule has 2 aromatic carbocycles. The van der Waals surface area contributed by atoms with Crippen molar-refractivity contribution in [1.82, 2.24) is 20.2 Å². The monoisotopic (exact) mass is 431 g/mol. The van der Waals surface area contributed by atoms with E-state index in [1.807, 2.05) is 30.3 Å². The summed E-state index contributed by atoms with van der Waals surface area (Å²) in [7, 11) is 0. The molecule has 1 aliphatic heterocycles. The van der Waals surface area contributed by atoms with E-state index in [0.717, 1.165) is 11.1 Å². The molecule has 4 rings (SSSR count). The van der Waals surface area contributed by atoms with Crippen molar-refractivity contribution in [3.05, 3.63) is 53.1 Å². The third kappa shape index (κ3) is 4.25. The van der Waals surface area contributed by atoms with Crippen molar-refractivity contribution >= 4 is 29.3 Å². The molecule has 1 atom stereocenters. The van der Waals surface area contributed by atoms with Crippen LogP contribution in [0.4, 0.5) is 0 Å². The van der Waals surface area contributed by atoms with Gasteiger partial charge < -0.3 is 20.6 Å². The first-order valence-corrected chi connectivity index (χ1v) is 10.1. The van der Waals surface area contributed by atoms with Crippen LogP contribution < -0.4 is 20.6 Å². The Bertz CT molecular complexity index is 1040. The van der Waals surface area contributed by atoms with Crippen molar-refractivity contribution < 1.29 is 14.3 Å². The van der Waals surface area contributed by atoms with Crippen LogP contribution in [-0.4, -0.2) is 32.8 Å². The summed E-state index contributed by atoms with van der Waals surface area (Å²) in [6.07, 6.45) is 0. The highest BCUT2D eigenvalue weighted by molar-refractivity contribution is 8.00. The molecular weight excluding hydrogens is 414 g/mol. The minimum absolute atomic E-state index is 0.135. The summed E-state index contributed by atoms with van der Waals surface area (Å²) in [6, 6.07) is 12.7. The Kier molecular flexibility index (Phi) is 5.50. The first-order chi connectivity index (χ1) is 14.0. The number of rotatable bonds is 6. The van der Waals surface area contributed by atoms with Crippen molar-refractivity contribution in [2.45, 2.75) is 23.9 Å². The number of nitrogen functional groups attached to an aromatic ring is 1. The molecule has 0 spiro atoms. The van der Waals surface area contributed by atoms with Crippen LogP contribution in [0.1, 0.15) is 12.5 Å². The molecule has 1 aromatic heterocycles. The largest absolute Gasteiger partial charge is 0.454 e. The molecule has 8 nitrogen and oxygen atoms in total. The first kappa shape index (κ1) is 19.4. The third-order valence-corrected chi connectivity index (χ3v) is 5.63. The highest BCUT2D eigenvalue weighted by Crippen LogP contribution is 2.32. The molecule has 1 amide bonds. The molecule has 0 saturated carbocycles. The fraction of sp³-hybridized carbons (Fsp3) is 0.211. The Morgan fingerprint density at radius 3 is 2.79 bits per heavy atom. The lowest BCUT2D eigenvalue weighted by atomic mass is 10.2. The van der Waals surface area contributed by atoms with Gasteiger partial charge in [0.15, 0.2) is 17.3 Å². The van der Waals surface area contributed by atoms with Gasteiger partial charge in [-0.25, -0.2) is 4.68 Å². The maximum Gasteiger partial charge on any atom is 0.233 e. The molecule has 1 unspecified atom stereocenters. The number of thioether (sulfide) groups is 1. The third-order valence-electron chi connectivity index (χ3n) is 4.32. The minimum Gasteiger partial charge on any atom is -0.454 e. The normalized spacial score (nSPS) is 13.3. The van der Waals surface area contributed by atoms with E-state index < -0.39 is 5.25 Å². The summed E-state index contributed by atoms with van der Waals surface area (Å²) in [5.74, 6) is 7.88. The standard InChI is InChI=1S/C19H18ClN5O3S/c1-11(18(26)22-9-12-2-7-15-16(8-12)28-10-27-15)29-19-24-23-17(25(19)21)13-3-5-14(20)6-4-13/h2-8,11H,9-10,21H2,1H3,(H,22,26). The number of nitrogens with zero attached hydrogens (tertiary/aromatic N) is 3. The molecule has 0 saturated heterocycles. The Morgan fingerprint density at radius 2 is 2.00 bits per heavy atom. The van der Waals surface area contributed by atoms with Crippen molar-refractivity contribution in [3.8, 4) is 22.9 Å². The number of hydrogen-bond donors (Lipinski definition) is 2. The lowest BCUT2D eigenvalue weighted by Crippen LogP contribution is -2.30. The van der Waals surface area contributed by atoms with E-state index in [1.165, 1.54) is 16.4 Å². The van der Waals surface area contributed by atoms with Gasteiger partial charge in [-0.2, -0.15) is 0 Å². The van der Waals surface area contributed by atoms with Crippen LogP contribution in [0.15, 0.2) is 47.6 Å². The number of fused-ring (bicyclic) bond motifs is 1. The average molecular weight is 432 g/mol. The number of nitrogens with two attached hydrogens (primary N) is 1. The van der Waals surface area contributed by atoms with Crippen molar-refractivity contribution in [3.63, 3.8) is 0 Å². The molecule has 0 radical (unpaired) electrons. The molecular formula is C19H18ClN5O3S. The second kappa shape index (κ2) is 8.22. The van der Waals surface area contributed by atoms with Gasteiger partial charge in [-0.15, -0.1) is 10.2 Å². The number of benzene rings is 2. The molecule has 29 heavy (non-hydrogen) atoms. The number of carbonyl (C=O) groups is 1. The van der Waals surface area contributed by atoms with Crippen LogP contribution in [0.3, 0.4) is 0 Å². The summed E-state index contributed by atoms with van der Waals surface area (Å²) < 4.78 is 12.0. The topological polar surface area (TPSA) is 104 Å². The van der Waals surface area contributed by atoms with Gasteiger partial charge in [0, 0.05) is 17.1 Å². The fourth-order valence-electron chi connectivity index (χ4n) is 2.75. The maximum absolute atomic E-state index is 12.5. The predicted octanol–water partition coefficient (Wildman–Crippen LogP) is 2.84. The van der Waals surface area contributed by atoms with Gasteiger partial charge in [0.1, 0.15) is 0 Å². The zero-order valence-electron chi connectivity index (χ0n) is 15.5. The lowest BCUT2D eigenvalue weighted by Gasteiger charge is -2.12. The number of nitrogens with one attached hydrogen (secondary N) is 1. The van der Waals surface area contributed by atoms with Crippen molar-refractivity contribution in [2.75, 3.05) is 12.6 Å². The number of amides is 1. The highest BCUT2D eigenvalue weighted by Gasteiger charge is 2.20. The van der Waals surface area contributed by atoms with Crippen LogP contribution in [-0.2, 0) is 11.3 Å². The van der Waals surface area contributed by atoms with Crippen LogP contribution in [0.2, 0.25) is 5.02 Å². The molecule has 150 valence electrons. The first-order valence-electron chi connectivity index (χ1n) is 8.80. The Labute approximate surface area is 176 Å². The summed E-state index contributed by atoms with van der Waals surface area (Å²) in [4.78, 5) is 12.5. The molecule has 2 heterocycles. The fourth-order valence-corrected chi connectivity index (χ4v) is 3.67. The van der Waals surface area contributed by atoms with Gasteiger partial charge in [-0.1, -0.05) is 29.4 Å². The van der Waals surface area contributed by atoms with E-state index in [-0.39, 0.29) is 12.7 Å². The van der Waals surface area contributed by atoms with Crippen LogP contribution in [0.5, 0.6) is 11.5 Å². The van der Waals surface area contributed by atoms with Crippen LogP contribution >= 0.6 is 23.4 Å². The lowest BCUT2D eigenvalue weighted by molar-refractivity contribution is -0.120. The Morgan fingerprint density at radius 1 is 1.24 bits per heavy atom. The predicted molar refractivity (Wildman–Crippen MR) is 110 cm³/mol. The number of halogens is 1. The zero-order valence-corrected chi connectivity index (χ0v) is 17.0. The number of carbonyl (C=O) groups excluding carboxylic acids is 1. The second-order valence-corrected chi connectivity index (χ2v) is 8.09. The van der Waals surface area contributed by atoms with Gasteiger partial charge in [0.05, 0.1) is 5.25 Å². The van der Waals surface area contributed by atoms with Gasteiger partial charge in [0.2, 0.25) is 17.9 Å². The number of ether oxygens (including phenoxy) is 2. The average Bonchev–Trinajstić information content (AvgIpc) is 3.33. The summed E-state index contributed by atoms with van der Waals surface area (Å²) in [6.45, 7) is 2.39. The molecule has 1 aliphatic rings. The minimum atomic E-state index is -0.409. The van der Waals surface area contributed by atoms with Gasteiger partial charge in [-0.05, 0) is 48.9 Å². The van der Waals surface area contributed by atoms with E-state index in [9.17, 15) is 4.79 Å². The van der Waals surface area contributed by atoms with Gasteiger partial charge in [-0.3, -0.25) is 4.79 Å². The molecule has 0 fully saturated rings. The van der Waals surface area contributed by atoms with Crippen LogP contribution in [0, 0.1) is 0 Å². The second-order valence-electron chi connectivity index (χ2n) is 6.35. The number of hydrogen-bond acceptors (Lipinski definition) is 7.